The number of benzene rings is 4. The van der Waals surface area contributed by atoms with Gasteiger partial charge in [-0.2, -0.15) is 0 Å². The third-order valence-corrected chi connectivity index (χ3v) is 8.83. The first-order chi connectivity index (χ1) is 19.6. The van der Waals surface area contributed by atoms with Crippen LogP contribution in [0.15, 0.2) is 127 Å². The lowest BCUT2D eigenvalue weighted by Gasteiger charge is -2.25. The Morgan fingerprint density at radius 1 is 0.675 bits per heavy atom. The number of nitrogens with one attached hydrogen (secondary N) is 1. The molecule has 1 aliphatic heterocycles. The molecule has 0 fully saturated rings. The lowest BCUT2D eigenvalue weighted by Crippen LogP contribution is -2.17. The Hall–Kier alpha value is -4.36. The van der Waals surface area contributed by atoms with Gasteiger partial charge >= 0.3 is 0 Å². The lowest BCUT2D eigenvalue weighted by molar-refractivity contribution is 0.607. The van der Waals surface area contributed by atoms with E-state index in [0.717, 1.165) is 19.4 Å². The Morgan fingerprint density at radius 2 is 1.45 bits per heavy atom. The highest BCUT2D eigenvalue weighted by atomic mass is 14.8. The van der Waals surface area contributed by atoms with Crippen molar-refractivity contribution in [1.29, 1.82) is 0 Å². The molecular weight excluding hydrogens is 482 g/mol. The number of hydrogen-bond donors (Lipinski definition) is 1. The minimum Gasteiger partial charge on any atom is -0.387 e. The summed E-state index contributed by atoms with van der Waals surface area (Å²) in [7, 11) is 0. The minimum absolute atomic E-state index is 0.107. The Morgan fingerprint density at radius 3 is 2.25 bits per heavy atom. The second kappa shape index (κ2) is 9.99. The molecule has 0 atom stereocenters. The molecule has 1 heteroatoms. The van der Waals surface area contributed by atoms with Crippen LogP contribution in [0.4, 0.5) is 0 Å². The highest BCUT2D eigenvalue weighted by molar-refractivity contribution is 5.89. The van der Waals surface area contributed by atoms with Crippen molar-refractivity contribution in [1.82, 2.24) is 5.32 Å². The van der Waals surface area contributed by atoms with Crippen LogP contribution >= 0.6 is 0 Å². The Kier molecular flexibility index (Phi) is 6.16. The van der Waals surface area contributed by atoms with Gasteiger partial charge in [0.15, 0.2) is 0 Å². The molecule has 4 aromatic rings. The number of fused-ring (bicyclic) bond motifs is 2. The van der Waals surface area contributed by atoms with Gasteiger partial charge in [0.2, 0.25) is 0 Å². The maximum absolute atomic E-state index is 3.40. The summed E-state index contributed by atoms with van der Waals surface area (Å²) in [6.07, 6.45) is 14.5. The highest BCUT2D eigenvalue weighted by Crippen LogP contribution is 2.50. The monoisotopic (exact) mass is 517 g/mol. The zero-order valence-electron chi connectivity index (χ0n) is 23.4. The van der Waals surface area contributed by atoms with Crippen LogP contribution in [0, 0.1) is 0 Å². The largest absolute Gasteiger partial charge is 0.387 e. The Balaban J connectivity index is 1.27. The van der Waals surface area contributed by atoms with Crippen molar-refractivity contribution in [3.05, 3.63) is 155 Å². The average Bonchev–Trinajstić information content (AvgIpc) is 3.24. The molecule has 0 spiro atoms. The highest BCUT2D eigenvalue weighted by Gasteiger charge is 2.37. The second-order valence-corrected chi connectivity index (χ2v) is 11.8. The van der Waals surface area contributed by atoms with Crippen molar-refractivity contribution < 1.29 is 0 Å². The molecule has 7 rings (SSSR count). The quantitative estimate of drug-likeness (QED) is 0.278. The summed E-state index contributed by atoms with van der Waals surface area (Å²) >= 11 is 0. The van der Waals surface area contributed by atoms with Crippen LogP contribution in [0.1, 0.15) is 54.5 Å². The molecule has 1 N–H and O–H groups in total. The second-order valence-electron chi connectivity index (χ2n) is 11.8. The minimum atomic E-state index is 0.107. The van der Waals surface area contributed by atoms with Gasteiger partial charge in [0.05, 0.1) is 0 Å². The van der Waals surface area contributed by atoms with E-state index in [4.69, 9.17) is 0 Å². The smallest absolute Gasteiger partial charge is 0.0328 e. The van der Waals surface area contributed by atoms with Crippen LogP contribution in [-0.4, -0.2) is 6.54 Å². The fourth-order valence-corrected chi connectivity index (χ4v) is 6.68. The van der Waals surface area contributed by atoms with Gasteiger partial charge in [0.1, 0.15) is 0 Å². The van der Waals surface area contributed by atoms with Crippen molar-refractivity contribution in [3.63, 3.8) is 0 Å². The van der Waals surface area contributed by atoms with Crippen molar-refractivity contribution >= 4 is 11.1 Å². The predicted octanol–water partition coefficient (Wildman–Crippen LogP) is 9.51. The van der Waals surface area contributed by atoms with Gasteiger partial charge in [0, 0.05) is 18.2 Å². The lowest BCUT2D eigenvalue weighted by atomic mass is 9.78. The van der Waals surface area contributed by atoms with Crippen molar-refractivity contribution in [3.8, 4) is 22.3 Å². The van der Waals surface area contributed by atoms with Crippen molar-refractivity contribution in [2.24, 2.45) is 0 Å². The molecule has 1 nitrogen and oxygen atoms in total. The predicted molar refractivity (Wildman–Crippen MR) is 170 cm³/mol. The summed E-state index contributed by atoms with van der Waals surface area (Å²) in [5.41, 5.74) is 16.3. The third kappa shape index (κ3) is 4.46. The van der Waals surface area contributed by atoms with E-state index < -0.39 is 0 Å². The van der Waals surface area contributed by atoms with E-state index in [1.807, 2.05) is 0 Å². The van der Waals surface area contributed by atoms with Crippen LogP contribution in [-0.2, 0) is 11.8 Å². The molecule has 0 unspecified atom stereocenters. The van der Waals surface area contributed by atoms with Crippen molar-refractivity contribution in [2.75, 3.05) is 6.54 Å². The summed E-state index contributed by atoms with van der Waals surface area (Å²) in [5, 5.41) is 3.40. The van der Waals surface area contributed by atoms with Crippen LogP contribution < -0.4 is 5.32 Å². The van der Waals surface area contributed by atoms with Gasteiger partial charge in [0.25, 0.3) is 0 Å². The van der Waals surface area contributed by atoms with E-state index >= 15 is 0 Å². The standard InChI is InChI=1S/C39H35N/c1-39(2)37-13-7-6-12-35(37)36-25-31(18-19-38(36)39)33-22-28(23-34(24-33)32-11-8-20-40-26-32)21-27-14-16-30(17-15-27)29-9-4-3-5-10-29/h3-6,8-12,14-19,22-26,40H,7,13,20-21H2,1-2H3. The summed E-state index contributed by atoms with van der Waals surface area (Å²) < 4.78 is 0. The van der Waals surface area contributed by atoms with E-state index in [1.165, 1.54) is 67.6 Å². The molecule has 4 aromatic carbocycles. The Bertz CT molecular complexity index is 1710. The number of rotatable bonds is 5. The van der Waals surface area contributed by atoms with E-state index in [2.05, 4.69) is 141 Å². The molecule has 40 heavy (non-hydrogen) atoms. The van der Waals surface area contributed by atoms with E-state index in [1.54, 1.807) is 5.57 Å². The molecule has 1 heterocycles. The topological polar surface area (TPSA) is 12.0 Å². The van der Waals surface area contributed by atoms with Crippen LogP contribution in [0.3, 0.4) is 0 Å². The summed E-state index contributed by atoms with van der Waals surface area (Å²) in [5.74, 6) is 0. The van der Waals surface area contributed by atoms with Gasteiger partial charge in [-0.05, 0) is 92.6 Å². The van der Waals surface area contributed by atoms with Crippen LogP contribution in [0.2, 0.25) is 0 Å². The molecule has 3 aliphatic rings. The normalized spacial score (nSPS) is 16.8. The molecular formula is C39H35N. The first-order valence-electron chi connectivity index (χ1n) is 14.5. The molecule has 0 amide bonds. The summed E-state index contributed by atoms with van der Waals surface area (Å²) in [6.45, 7) is 5.67. The summed E-state index contributed by atoms with van der Waals surface area (Å²) in [4.78, 5) is 0. The van der Waals surface area contributed by atoms with Gasteiger partial charge in [-0.3, -0.25) is 0 Å². The van der Waals surface area contributed by atoms with Gasteiger partial charge < -0.3 is 5.32 Å². The molecule has 2 aliphatic carbocycles. The third-order valence-electron chi connectivity index (χ3n) is 8.83. The van der Waals surface area contributed by atoms with E-state index in [9.17, 15) is 0 Å². The molecule has 0 saturated heterocycles. The van der Waals surface area contributed by atoms with Gasteiger partial charge in [-0.25, -0.2) is 0 Å². The number of hydrogen-bond acceptors (Lipinski definition) is 1. The molecule has 0 radical (unpaired) electrons. The maximum atomic E-state index is 3.40. The fraction of sp³-hybridized carbons (Fsp3) is 0.179. The number of allylic oxidation sites excluding steroid dienone is 6. The van der Waals surface area contributed by atoms with E-state index in [0.29, 0.717) is 0 Å². The molecule has 196 valence electrons. The zero-order chi connectivity index (χ0) is 27.1. The van der Waals surface area contributed by atoms with Crippen molar-refractivity contribution in [2.45, 2.75) is 38.5 Å². The average molecular weight is 518 g/mol. The first-order valence-corrected chi connectivity index (χ1v) is 14.5. The molecule has 0 saturated carbocycles. The SMILES string of the molecule is CC1(C)C2=C(C=CCC2)c2cc(-c3cc(Cc4ccc(-c5ccccc5)cc4)cc(C4=CNCC=C4)c3)ccc21. The van der Waals surface area contributed by atoms with Gasteiger partial charge in [-0.15, -0.1) is 0 Å². The molecule has 0 bridgehead atoms. The van der Waals surface area contributed by atoms with Crippen LogP contribution in [0.25, 0.3) is 33.4 Å². The number of dihydropyridines is 1. The molecule has 0 aromatic heterocycles. The Labute approximate surface area is 238 Å². The zero-order valence-corrected chi connectivity index (χ0v) is 23.4. The summed E-state index contributed by atoms with van der Waals surface area (Å²) in [6, 6.07) is 33.9. The van der Waals surface area contributed by atoms with Crippen LogP contribution in [0.5, 0.6) is 0 Å². The first kappa shape index (κ1) is 24.7. The maximum Gasteiger partial charge on any atom is 0.0328 e. The fourth-order valence-electron chi connectivity index (χ4n) is 6.68. The van der Waals surface area contributed by atoms with Gasteiger partial charge in [-0.1, -0.05) is 123 Å². The van der Waals surface area contributed by atoms with E-state index in [-0.39, 0.29) is 5.41 Å².